The molecule has 0 saturated carbocycles. The summed E-state index contributed by atoms with van der Waals surface area (Å²) in [4.78, 5) is 21.7. The van der Waals surface area contributed by atoms with Crippen LogP contribution in [0.2, 0.25) is 0 Å². The molecule has 5 heteroatoms. The number of hydrogen-bond acceptors (Lipinski definition) is 3. The molecular weight excluding hydrogens is 220 g/mol. The van der Waals surface area contributed by atoms with Gasteiger partial charge in [0.2, 0.25) is 5.91 Å². The number of aliphatic carboxylic acids is 1. The summed E-state index contributed by atoms with van der Waals surface area (Å²) in [6.45, 7) is 4.63. The fourth-order valence-electron chi connectivity index (χ4n) is 1.54. The third-order valence-electron chi connectivity index (χ3n) is 2.43. The van der Waals surface area contributed by atoms with E-state index in [0.717, 1.165) is 12.8 Å². The SMILES string of the molecule is CC(C)C[C@@H](N)C(=O)NCCCCCC(=O)O. The molecule has 100 valence electrons. The first-order chi connectivity index (χ1) is 7.93. The Hall–Kier alpha value is -1.10. The summed E-state index contributed by atoms with van der Waals surface area (Å²) in [7, 11) is 0. The lowest BCUT2D eigenvalue weighted by atomic mass is 10.0. The first-order valence-corrected chi connectivity index (χ1v) is 6.18. The van der Waals surface area contributed by atoms with Crippen LogP contribution in [0.4, 0.5) is 0 Å². The van der Waals surface area contributed by atoms with Crippen LogP contribution in [0.15, 0.2) is 0 Å². The third-order valence-corrected chi connectivity index (χ3v) is 2.43. The number of carbonyl (C=O) groups excluding carboxylic acids is 1. The Morgan fingerprint density at radius 3 is 2.41 bits per heavy atom. The average Bonchev–Trinajstić information content (AvgIpc) is 2.21. The van der Waals surface area contributed by atoms with E-state index in [9.17, 15) is 9.59 Å². The highest BCUT2D eigenvalue weighted by Crippen LogP contribution is 2.03. The van der Waals surface area contributed by atoms with Crippen LogP contribution in [0.3, 0.4) is 0 Å². The summed E-state index contributed by atoms with van der Waals surface area (Å²) in [5.41, 5.74) is 5.71. The predicted molar refractivity (Wildman–Crippen MR) is 66.5 cm³/mol. The molecule has 0 bridgehead atoms. The van der Waals surface area contributed by atoms with E-state index in [1.54, 1.807) is 0 Å². The molecule has 17 heavy (non-hydrogen) atoms. The van der Waals surface area contributed by atoms with Gasteiger partial charge in [-0.3, -0.25) is 9.59 Å². The number of hydrogen-bond donors (Lipinski definition) is 3. The highest BCUT2D eigenvalue weighted by molar-refractivity contribution is 5.81. The van der Waals surface area contributed by atoms with Gasteiger partial charge in [-0.15, -0.1) is 0 Å². The van der Waals surface area contributed by atoms with Crippen molar-refractivity contribution in [3.63, 3.8) is 0 Å². The number of carbonyl (C=O) groups is 2. The van der Waals surface area contributed by atoms with E-state index in [1.165, 1.54) is 0 Å². The van der Waals surface area contributed by atoms with E-state index in [4.69, 9.17) is 10.8 Å². The van der Waals surface area contributed by atoms with Gasteiger partial charge < -0.3 is 16.2 Å². The lowest BCUT2D eigenvalue weighted by Crippen LogP contribution is -2.41. The molecular formula is C12H24N2O3. The number of amides is 1. The van der Waals surface area contributed by atoms with Gasteiger partial charge in [-0.25, -0.2) is 0 Å². The van der Waals surface area contributed by atoms with Crippen LogP contribution in [0.1, 0.15) is 46.0 Å². The summed E-state index contributed by atoms with van der Waals surface area (Å²) in [6, 6.07) is -0.436. The summed E-state index contributed by atoms with van der Waals surface area (Å²) in [5, 5.41) is 11.2. The second-order valence-electron chi connectivity index (χ2n) is 4.73. The van der Waals surface area contributed by atoms with Gasteiger partial charge in [-0.2, -0.15) is 0 Å². The molecule has 0 aliphatic rings. The van der Waals surface area contributed by atoms with Crippen molar-refractivity contribution >= 4 is 11.9 Å². The molecule has 0 aliphatic carbocycles. The van der Waals surface area contributed by atoms with E-state index in [0.29, 0.717) is 25.3 Å². The van der Waals surface area contributed by atoms with Crippen LogP contribution in [-0.4, -0.2) is 29.6 Å². The van der Waals surface area contributed by atoms with Crippen molar-refractivity contribution < 1.29 is 14.7 Å². The molecule has 0 heterocycles. The van der Waals surface area contributed by atoms with Crippen molar-refractivity contribution in [2.75, 3.05) is 6.54 Å². The van der Waals surface area contributed by atoms with Gasteiger partial charge in [0, 0.05) is 13.0 Å². The normalized spacial score (nSPS) is 12.5. The van der Waals surface area contributed by atoms with Crippen LogP contribution >= 0.6 is 0 Å². The van der Waals surface area contributed by atoms with Gasteiger partial charge in [0.25, 0.3) is 0 Å². The van der Waals surface area contributed by atoms with Crippen LogP contribution in [0, 0.1) is 5.92 Å². The first kappa shape index (κ1) is 15.9. The number of rotatable bonds is 9. The standard InChI is InChI=1S/C12H24N2O3/c1-9(2)8-10(13)12(17)14-7-5-3-4-6-11(15)16/h9-10H,3-8,13H2,1-2H3,(H,14,17)(H,15,16)/t10-/m1/s1. The molecule has 1 atom stereocenters. The van der Waals surface area contributed by atoms with Gasteiger partial charge in [-0.05, 0) is 25.2 Å². The molecule has 0 saturated heterocycles. The zero-order valence-electron chi connectivity index (χ0n) is 10.7. The number of carboxylic acid groups (broad SMARTS) is 1. The summed E-state index contributed by atoms with van der Waals surface area (Å²) in [6.07, 6.45) is 3.15. The number of nitrogens with two attached hydrogens (primary N) is 1. The van der Waals surface area contributed by atoms with Crippen molar-refractivity contribution in [3.8, 4) is 0 Å². The Morgan fingerprint density at radius 2 is 1.88 bits per heavy atom. The number of nitrogens with one attached hydrogen (secondary N) is 1. The van der Waals surface area contributed by atoms with Crippen molar-refractivity contribution in [1.82, 2.24) is 5.32 Å². The maximum Gasteiger partial charge on any atom is 0.303 e. The van der Waals surface area contributed by atoms with Crippen LogP contribution in [0.25, 0.3) is 0 Å². The highest BCUT2D eigenvalue weighted by Gasteiger charge is 2.13. The highest BCUT2D eigenvalue weighted by atomic mass is 16.4. The van der Waals surface area contributed by atoms with Crippen LogP contribution in [-0.2, 0) is 9.59 Å². The summed E-state index contributed by atoms with van der Waals surface area (Å²) >= 11 is 0. The molecule has 0 aromatic rings. The minimum atomic E-state index is -0.770. The van der Waals surface area contributed by atoms with Crippen molar-refractivity contribution in [3.05, 3.63) is 0 Å². The monoisotopic (exact) mass is 244 g/mol. The summed E-state index contributed by atoms with van der Waals surface area (Å²) < 4.78 is 0. The molecule has 0 radical (unpaired) electrons. The Kier molecular flexibility index (Phi) is 8.40. The molecule has 0 aliphatic heterocycles. The molecule has 0 unspecified atom stereocenters. The Bertz CT molecular complexity index is 242. The van der Waals surface area contributed by atoms with Crippen molar-refractivity contribution in [2.45, 2.75) is 52.0 Å². The van der Waals surface area contributed by atoms with Crippen LogP contribution < -0.4 is 11.1 Å². The van der Waals surface area contributed by atoms with Gasteiger partial charge in [-0.1, -0.05) is 20.3 Å². The van der Waals surface area contributed by atoms with E-state index in [-0.39, 0.29) is 12.3 Å². The lowest BCUT2D eigenvalue weighted by molar-refractivity contribution is -0.137. The molecule has 4 N–H and O–H groups in total. The fraction of sp³-hybridized carbons (Fsp3) is 0.833. The second-order valence-corrected chi connectivity index (χ2v) is 4.73. The Labute approximate surface area is 103 Å². The van der Waals surface area contributed by atoms with Gasteiger partial charge >= 0.3 is 5.97 Å². The average molecular weight is 244 g/mol. The largest absolute Gasteiger partial charge is 0.481 e. The fourth-order valence-corrected chi connectivity index (χ4v) is 1.54. The zero-order valence-corrected chi connectivity index (χ0v) is 10.7. The molecule has 0 spiro atoms. The van der Waals surface area contributed by atoms with E-state index < -0.39 is 12.0 Å². The predicted octanol–water partition coefficient (Wildman–Crippen LogP) is 1.12. The van der Waals surface area contributed by atoms with Gasteiger partial charge in [0.05, 0.1) is 6.04 Å². The second kappa shape index (κ2) is 8.98. The van der Waals surface area contributed by atoms with Crippen LogP contribution in [0.5, 0.6) is 0 Å². The van der Waals surface area contributed by atoms with E-state index >= 15 is 0 Å². The topological polar surface area (TPSA) is 92.4 Å². The maximum atomic E-state index is 11.5. The third kappa shape index (κ3) is 9.81. The number of unbranched alkanes of at least 4 members (excludes halogenated alkanes) is 2. The number of carboxylic acids is 1. The molecule has 0 aromatic heterocycles. The van der Waals surface area contributed by atoms with Crippen molar-refractivity contribution in [2.24, 2.45) is 11.7 Å². The Morgan fingerprint density at radius 1 is 1.24 bits per heavy atom. The summed E-state index contributed by atoms with van der Waals surface area (Å²) in [5.74, 6) is -0.476. The lowest BCUT2D eigenvalue weighted by Gasteiger charge is -2.13. The van der Waals surface area contributed by atoms with E-state index in [1.807, 2.05) is 13.8 Å². The quantitative estimate of drug-likeness (QED) is 0.530. The molecule has 1 amide bonds. The zero-order chi connectivity index (χ0) is 13.3. The molecule has 0 fully saturated rings. The van der Waals surface area contributed by atoms with E-state index in [2.05, 4.69) is 5.32 Å². The van der Waals surface area contributed by atoms with Crippen molar-refractivity contribution in [1.29, 1.82) is 0 Å². The smallest absolute Gasteiger partial charge is 0.303 e. The molecule has 0 rings (SSSR count). The minimum absolute atomic E-state index is 0.114. The van der Waals surface area contributed by atoms with Gasteiger partial charge in [0.1, 0.15) is 0 Å². The maximum absolute atomic E-state index is 11.5. The molecule has 5 nitrogen and oxygen atoms in total. The Balaban J connectivity index is 3.47. The minimum Gasteiger partial charge on any atom is -0.481 e. The van der Waals surface area contributed by atoms with Gasteiger partial charge in [0.15, 0.2) is 0 Å². The first-order valence-electron chi connectivity index (χ1n) is 6.18. The molecule has 0 aromatic carbocycles.